The fourth-order valence-electron chi connectivity index (χ4n) is 1.38. The number of nitrogens with two attached hydrogens (primary N) is 1. The Morgan fingerprint density at radius 3 is 2.41 bits per heavy atom. The fourth-order valence-corrected chi connectivity index (χ4v) is 1.38. The van der Waals surface area contributed by atoms with Gasteiger partial charge in [-0.3, -0.25) is 4.79 Å². The topological polar surface area (TPSA) is 69.1 Å². The largest absolute Gasteiger partial charge is 0.394 e. The Balaban J connectivity index is 2.55. The zero-order valence-electron chi connectivity index (χ0n) is 8.83. The highest BCUT2D eigenvalue weighted by molar-refractivity contribution is 6.11. The minimum absolute atomic E-state index is 0.0161. The van der Waals surface area contributed by atoms with Gasteiger partial charge < -0.3 is 10.3 Å². The van der Waals surface area contributed by atoms with E-state index in [0.29, 0.717) is 0 Å². The van der Waals surface area contributed by atoms with E-state index < -0.39 is 23.0 Å². The van der Waals surface area contributed by atoms with E-state index in [1.54, 1.807) is 0 Å². The molecule has 0 atom stereocenters. The maximum Gasteiger partial charge on any atom is 0.222 e. The number of anilines is 1. The van der Waals surface area contributed by atoms with E-state index in [-0.39, 0.29) is 17.1 Å². The lowest BCUT2D eigenvalue weighted by atomic mass is 10.1. The van der Waals surface area contributed by atoms with E-state index in [4.69, 9.17) is 5.73 Å². The average molecular weight is 238 g/mol. The SMILES string of the molecule is Cc1onc(C(=O)c2c(F)cccc2F)c1N. The summed E-state index contributed by atoms with van der Waals surface area (Å²) in [6, 6.07) is 3.14. The quantitative estimate of drug-likeness (QED) is 0.813. The van der Waals surface area contributed by atoms with Crippen molar-refractivity contribution in [2.24, 2.45) is 0 Å². The van der Waals surface area contributed by atoms with E-state index in [1.807, 2.05) is 0 Å². The first-order valence-corrected chi connectivity index (χ1v) is 4.73. The van der Waals surface area contributed by atoms with Crippen LogP contribution in [0, 0.1) is 18.6 Å². The number of aromatic nitrogens is 1. The molecular formula is C11H8F2N2O2. The third kappa shape index (κ3) is 1.77. The molecule has 0 spiro atoms. The molecule has 2 aromatic rings. The lowest BCUT2D eigenvalue weighted by Gasteiger charge is -2.01. The highest BCUT2D eigenvalue weighted by Gasteiger charge is 2.24. The fraction of sp³-hybridized carbons (Fsp3) is 0.0909. The van der Waals surface area contributed by atoms with Crippen molar-refractivity contribution in [2.75, 3.05) is 5.73 Å². The van der Waals surface area contributed by atoms with Gasteiger partial charge in [-0.15, -0.1) is 0 Å². The van der Waals surface area contributed by atoms with Crippen LogP contribution in [0.2, 0.25) is 0 Å². The number of carbonyl (C=O) groups is 1. The number of benzene rings is 1. The molecule has 0 radical (unpaired) electrons. The minimum atomic E-state index is -0.963. The van der Waals surface area contributed by atoms with Crippen LogP contribution >= 0.6 is 0 Å². The van der Waals surface area contributed by atoms with Crippen LogP contribution in [0.25, 0.3) is 0 Å². The Hall–Kier alpha value is -2.24. The first-order chi connectivity index (χ1) is 8.02. The first-order valence-electron chi connectivity index (χ1n) is 4.73. The highest BCUT2D eigenvalue weighted by atomic mass is 19.1. The van der Waals surface area contributed by atoms with Crippen LogP contribution < -0.4 is 5.73 Å². The van der Waals surface area contributed by atoms with Crippen molar-refractivity contribution in [3.05, 3.63) is 46.9 Å². The molecule has 88 valence electrons. The number of hydrogen-bond acceptors (Lipinski definition) is 4. The standard InChI is InChI=1S/C11H8F2N2O2/c1-5-9(14)10(15-17-5)11(16)8-6(12)3-2-4-7(8)13/h2-4H,14H2,1H3. The summed E-state index contributed by atoms with van der Waals surface area (Å²) in [4.78, 5) is 11.8. The predicted octanol–water partition coefficient (Wildman–Crippen LogP) is 2.07. The van der Waals surface area contributed by atoms with Crippen LogP contribution in [0.1, 0.15) is 21.8 Å². The monoisotopic (exact) mass is 238 g/mol. The van der Waals surface area contributed by atoms with Gasteiger partial charge in [0.15, 0.2) is 11.5 Å². The van der Waals surface area contributed by atoms with E-state index in [2.05, 4.69) is 9.68 Å². The van der Waals surface area contributed by atoms with E-state index in [0.717, 1.165) is 12.1 Å². The highest BCUT2D eigenvalue weighted by Crippen LogP contribution is 2.22. The van der Waals surface area contributed by atoms with E-state index in [1.165, 1.54) is 13.0 Å². The molecule has 1 heterocycles. The summed E-state index contributed by atoms with van der Waals surface area (Å²) in [6.45, 7) is 1.50. The number of halogens is 2. The Bertz CT molecular complexity index is 573. The van der Waals surface area contributed by atoms with Gasteiger partial charge in [0.25, 0.3) is 0 Å². The zero-order valence-corrected chi connectivity index (χ0v) is 8.83. The molecule has 4 nitrogen and oxygen atoms in total. The summed E-state index contributed by atoms with van der Waals surface area (Å²) in [5.74, 6) is -2.63. The van der Waals surface area contributed by atoms with Crippen LogP contribution in [0.3, 0.4) is 0 Å². The molecule has 17 heavy (non-hydrogen) atoms. The van der Waals surface area contributed by atoms with Crippen molar-refractivity contribution in [2.45, 2.75) is 6.92 Å². The van der Waals surface area contributed by atoms with Crippen LogP contribution in [0.15, 0.2) is 22.7 Å². The molecule has 1 aromatic heterocycles. The van der Waals surface area contributed by atoms with Gasteiger partial charge in [0.1, 0.15) is 17.3 Å². The Morgan fingerprint density at radius 1 is 1.35 bits per heavy atom. The Kier molecular flexibility index (Phi) is 2.63. The van der Waals surface area contributed by atoms with Crippen molar-refractivity contribution in [1.82, 2.24) is 5.16 Å². The number of nitrogen functional groups attached to an aromatic ring is 1. The van der Waals surface area contributed by atoms with Crippen LogP contribution in [0.5, 0.6) is 0 Å². The number of ketones is 1. The van der Waals surface area contributed by atoms with Crippen LogP contribution in [-0.4, -0.2) is 10.9 Å². The number of carbonyl (C=O) groups excluding carboxylic acids is 1. The van der Waals surface area contributed by atoms with Crippen LogP contribution in [0.4, 0.5) is 14.5 Å². The van der Waals surface area contributed by atoms with Gasteiger partial charge in [0.2, 0.25) is 5.78 Å². The summed E-state index contributed by atoms with van der Waals surface area (Å²) in [5.41, 5.74) is 4.53. The maximum atomic E-state index is 13.4. The number of hydrogen-bond donors (Lipinski definition) is 1. The molecule has 2 N–H and O–H groups in total. The van der Waals surface area contributed by atoms with Gasteiger partial charge in [-0.1, -0.05) is 11.2 Å². The lowest BCUT2D eigenvalue weighted by Crippen LogP contribution is -2.10. The molecule has 0 saturated heterocycles. The Morgan fingerprint density at radius 2 is 1.94 bits per heavy atom. The molecule has 0 bridgehead atoms. The van der Waals surface area contributed by atoms with Crippen molar-refractivity contribution < 1.29 is 18.1 Å². The molecule has 0 aliphatic rings. The van der Waals surface area contributed by atoms with Crippen molar-refractivity contribution in [3.8, 4) is 0 Å². The number of rotatable bonds is 2. The number of aryl methyl sites for hydroxylation is 1. The molecular weight excluding hydrogens is 230 g/mol. The Labute approximate surface area is 95.0 Å². The van der Waals surface area contributed by atoms with Gasteiger partial charge in [-0.05, 0) is 19.1 Å². The molecule has 0 aliphatic carbocycles. The van der Waals surface area contributed by atoms with Crippen LogP contribution in [-0.2, 0) is 0 Å². The second-order valence-corrected chi connectivity index (χ2v) is 3.43. The maximum absolute atomic E-state index is 13.4. The summed E-state index contributed by atoms with van der Waals surface area (Å²) in [6.07, 6.45) is 0. The molecule has 2 rings (SSSR count). The van der Waals surface area contributed by atoms with Gasteiger partial charge in [-0.25, -0.2) is 8.78 Å². The molecule has 0 fully saturated rings. The van der Waals surface area contributed by atoms with E-state index >= 15 is 0 Å². The van der Waals surface area contributed by atoms with Crippen molar-refractivity contribution in [1.29, 1.82) is 0 Å². The average Bonchev–Trinajstić information content (AvgIpc) is 2.59. The van der Waals surface area contributed by atoms with Gasteiger partial charge in [-0.2, -0.15) is 0 Å². The summed E-state index contributed by atoms with van der Waals surface area (Å²) < 4.78 is 31.4. The summed E-state index contributed by atoms with van der Waals surface area (Å²) in [7, 11) is 0. The molecule has 0 aliphatic heterocycles. The van der Waals surface area contributed by atoms with Crippen molar-refractivity contribution in [3.63, 3.8) is 0 Å². The van der Waals surface area contributed by atoms with Gasteiger partial charge >= 0.3 is 0 Å². The van der Waals surface area contributed by atoms with Gasteiger partial charge in [0, 0.05) is 0 Å². The smallest absolute Gasteiger partial charge is 0.222 e. The normalized spacial score (nSPS) is 10.5. The lowest BCUT2D eigenvalue weighted by molar-refractivity contribution is 0.102. The third-order valence-electron chi connectivity index (χ3n) is 2.31. The summed E-state index contributed by atoms with van der Waals surface area (Å²) in [5, 5.41) is 3.39. The van der Waals surface area contributed by atoms with Gasteiger partial charge in [0.05, 0.1) is 5.56 Å². The number of nitrogens with zero attached hydrogens (tertiary/aromatic N) is 1. The van der Waals surface area contributed by atoms with E-state index in [9.17, 15) is 13.6 Å². The molecule has 0 saturated carbocycles. The molecule has 1 aromatic carbocycles. The summed E-state index contributed by atoms with van der Waals surface area (Å²) >= 11 is 0. The van der Waals surface area contributed by atoms with Crippen molar-refractivity contribution >= 4 is 11.5 Å². The molecule has 0 amide bonds. The molecule has 0 unspecified atom stereocenters. The first kappa shape index (κ1) is 11.3. The molecule has 6 heteroatoms. The predicted molar refractivity (Wildman–Crippen MR) is 55.4 cm³/mol. The second kappa shape index (κ2) is 3.97. The minimum Gasteiger partial charge on any atom is -0.394 e. The third-order valence-corrected chi connectivity index (χ3v) is 2.31. The second-order valence-electron chi connectivity index (χ2n) is 3.43. The zero-order chi connectivity index (χ0) is 12.6.